The van der Waals surface area contributed by atoms with Crippen molar-refractivity contribution in [2.24, 2.45) is 0 Å². The van der Waals surface area contributed by atoms with Gasteiger partial charge < -0.3 is 34.5 Å². The molecular formula is C29H29N3O6. The molecule has 0 radical (unpaired) electrons. The van der Waals surface area contributed by atoms with Crippen molar-refractivity contribution in [2.45, 2.75) is 12.0 Å². The highest BCUT2D eigenvalue weighted by Gasteiger charge is 2.45. The third-order valence-electron chi connectivity index (χ3n) is 6.92. The van der Waals surface area contributed by atoms with E-state index in [0.29, 0.717) is 30.0 Å². The zero-order valence-corrected chi connectivity index (χ0v) is 21.4. The highest BCUT2D eigenvalue weighted by atomic mass is 16.5. The molecule has 2 atom stereocenters. The number of nitrogens with one attached hydrogen (secondary N) is 2. The average molecular weight is 516 g/mol. The first-order valence-corrected chi connectivity index (χ1v) is 12.2. The van der Waals surface area contributed by atoms with Crippen molar-refractivity contribution in [1.29, 1.82) is 0 Å². The van der Waals surface area contributed by atoms with E-state index >= 15 is 0 Å². The van der Waals surface area contributed by atoms with Crippen LogP contribution in [0, 0.1) is 0 Å². The van der Waals surface area contributed by atoms with Gasteiger partial charge in [-0.2, -0.15) is 0 Å². The van der Waals surface area contributed by atoms with E-state index < -0.39 is 12.0 Å². The zero-order chi connectivity index (χ0) is 26.8. The molecule has 5 rings (SSSR count). The number of aromatic amines is 1. The summed E-state index contributed by atoms with van der Waals surface area (Å²) < 4.78 is 15.9. The topological polar surface area (TPSA) is 113 Å². The number of hydrogen-bond donors (Lipinski definition) is 3. The Bertz CT molecular complexity index is 1500. The maximum Gasteiger partial charge on any atom is 0.254 e. The summed E-state index contributed by atoms with van der Waals surface area (Å²) in [5, 5.41) is 14.3. The van der Waals surface area contributed by atoms with E-state index in [1.54, 1.807) is 30.2 Å². The molecule has 38 heavy (non-hydrogen) atoms. The first-order valence-electron chi connectivity index (χ1n) is 12.2. The van der Waals surface area contributed by atoms with Gasteiger partial charge in [0.05, 0.1) is 32.8 Å². The minimum absolute atomic E-state index is 0.166. The van der Waals surface area contributed by atoms with Crippen LogP contribution in [-0.4, -0.2) is 61.3 Å². The molecule has 3 N–H and O–H groups in total. The number of fused-ring (bicyclic) bond motifs is 2. The summed E-state index contributed by atoms with van der Waals surface area (Å²) in [5.41, 5.74) is 3.17. The van der Waals surface area contributed by atoms with E-state index in [9.17, 15) is 14.7 Å². The number of ether oxygens (including phenoxy) is 3. The second-order valence-electron chi connectivity index (χ2n) is 9.01. The molecule has 1 aliphatic rings. The molecule has 0 saturated heterocycles. The van der Waals surface area contributed by atoms with Crippen molar-refractivity contribution in [2.75, 3.05) is 39.8 Å². The van der Waals surface area contributed by atoms with E-state index in [1.165, 1.54) is 20.3 Å². The monoisotopic (exact) mass is 515 g/mol. The summed E-state index contributed by atoms with van der Waals surface area (Å²) in [6.07, 6.45) is 1.86. The van der Waals surface area contributed by atoms with Gasteiger partial charge in [0.1, 0.15) is 0 Å². The highest BCUT2D eigenvalue weighted by molar-refractivity contribution is 6.05. The normalized spacial score (nSPS) is 16.8. The second-order valence-corrected chi connectivity index (χ2v) is 9.01. The second kappa shape index (κ2) is 10.5. The van der Waals surface area contributed by atoms with E-state index in [1.807, 2.05) is 42.6 Å². The number of phenols is 1. The smallest absolute Gasteiger partial charge is 0.254 e. The molecule has 0 aliphatic carbocycles. The Morgan fingerprint density at radius 2 is 1.79 bits per heavy atom. The average Bonchev–Trinajstić information content (AvgIpc) is 3.36. The summed E-state index contributed by atoms with van der Waals surface area (Å²) in [6.45, 7) is 0.611. The van der Waals surface area contributed by atoms with Crippen LogP contribution in [0.2, 0.25) is 0 Å². The van der Waals surface area contributed by atoms with Crippen LogP contribution in [0.25, 0.3) is 10.9 Å². The van der Waals surface area contributed by atoms with E-state index in [4.69, 9.17) is 14.2 Å². The maximum atomic E-state index is 14.1. The third-order valence-corrected chi connectivity index (χ3v) is 6.92. The van der Waals surface area contributed by atoms with Crippen molar-refractivity contribution in [3.63, 3.8) is 0 Å². The number of para-hydroxylation sites is 1. The number of amides is 2. The number of carbonyl (C=O) groups is 2. The van der Waals surface area contributed by atoms with Crippen LogP contribution in [0.4, 0.5) is 5.69 Å². The predicted octanol–water partition coefficient (Wildman–Crippen LogP) is 4.46. The summed E-state index contributed by atoms with van der Waals surface area (Å²) in [5.74, 6) is -0.986. The van der Waals surface area contributed by atoms with E-state index in [0.717, 1.165) is 16.5 Å². The molecule has 196 valence electrons. The first kappa shape index (κ1) is 25.2. The van der Waals surface area contributed by atoms with Crippen molar-refractivity contribution in [1.82, 2.24) is 9.88 Å². The molecular weight excluding hydrogens is 486 g/mol. The summed E-state index contributed by atoms with van der Waals surface area (Å²) in [6, 6.07) is 17.3. The van der Waals surface area contributed by atoms with Gasteiger partial charge in [-0.1, -0.05) is 36.4 Å². The molecule has 0 bridgehead atoms. The third kappa shape index (κ3) is 4.31. The van der Waals surface area contributed by atoms with Crippen LogP contribution >= 0.6 is 0 Å². The lowest BCUT2D eigenvalue weighted by Gasteiger charge is -2.41. The molecule has 0 saturated carbocycles. The summed E-state index contributed by atoms with van der Waals surface area (Å²) >= 11 is 0. The molecule has 2 amide bonds. The molecule has 0 fully saturated rings. The number of aromatic nitrogens is 1. The molecule has 1 aromatic heterocycles. The van der Waals surface area contributed by atoms with Crippen LogP contribution in [0.1, 0.15) is 33.4 Å². The number of phenolic OH excluding ortho intramolecular Hbond substituents is 1. The van der Waals surface area contributed by atoms with Crippen molar-refractivity contribution < 1.29 is 28.9 Å². The van der Waals surface area contributed by atoms with Gasteiger partial charge in [-0.05, 0) is 17.7 Å². The number of H-pyrrole nitrogens is 1. The Labute approximate surface area is 219 Å². The largest absolute Gasteiger partial charge is 0.504 e. The highest BCUT2D eigenvalue weighted by Crippen LogP contribution is 2.46. The number of anilines is 1. The molecule has 9 heteroatoms. The van der Waals surface area contributed by atoms with Crippen molar-refractivity contribution in [3.8, 4) is 17.2 Å². The number of nitrogens with zero attached hydrogens (tertiary/aromatic N) is 1. The standard InChI is InChI=1S/C29H29N3O6/c1-36-13-12-32-26(21-16-30-22-11-7-6-8-18(21)22)25(19-9-4-5-10-20(19)29(32)35)28(34)31-17-14-23(33)27(38-3)24(15-17)37-2/h4-11,14-16,25-26,30,33H,12-13H2,1-3H3,(H,31,34). The fourth-order valence-electron chi connectivity index (χ4n) is 5.23. The zero-order valence-electron chi connectivity index (χ0n) is 21.4. The van der Waals surface area contributed by atoms with Crippen LogP contribution < -0.4 is 14.8 Å². The number of methoxy groups -OCH3 is 3. The van der Waals surface area contributed by atoms with Gasteiger partial charge in [-0.25, -0.2) is 0 Å². The Hall–Kier alpha value is -4.50. The lowest BCUT2D eigenvalue weighted by Crippen LogP contribution is -2.47. The van der Waals surface area contributed by atoms with Crippen molar-refractivity contribution >= 4 is 28.4 Å². The van der Waals surface area contributed by atoms with E-state index in [2.05, 4.69) is 10.3 Å². The number of aromatic hydroxyl groups is 1. The first-order chi connectivity index (χ1) is 18.5. The van der Waals surface area contributed by atoms with Gasteiger partial charge in [0.25, 0.3) is 5.91 Å². The molecule has 0 spiro atoms. The molecule has 1 aliphatic heterocycles. The number of carbonyl (C=O) groups excluding carboxylic acids is 2. The lowest BCUT2D eigenvalue weighted by molar-refractivity contribution is -0.119. The lowest BCUT2D eigenvalue weighted by atomic mass is 9.79. The molecule has 3 aromatic carbocycles. The minimum Gasteiger partial charge on any atom is -0.504 e. The molecule has 9 nitrogen and oxygen atoms in total. The fourth-order valence-corrected chi connectivity index (χ4v) is 5.23. The van der Waals surface area contributed by atoms with Gasteiger partial charge in [0.15, 0.2) is 11.5 Å². The van der Waals surface area contributed by atoms with Gasteiger partial charge in [0.2, 0.25) is 11.7 Å². The van der Waals surface area contributed by atoms with Crippen molar-refractivity contribution in [3.05, 3.63) is 83.6 Å². The minimum atomic E-state index is -0.754. The van der Waals surface area contributed by atoms with Crippen LogP contribution in [0.3, 0.4) is 0 Å². The summed E-state index contributed by atoms with van der Waals surface area (Å²) in [7, 11) is 4.45. The maximum absolute atomic E-state index is 14.1. The Morgan fingerprint density at radius 3 is 2.55 bits per heavy atom. The molecule has 2 heterocycles. The molecule has 4 aromatic rings. The number of rotatable bonds is 8. The number of hydrogen-bond acceptors (Lipinski definition) is 6. The SMILES string of the molecule is COCCN1C(=O)c2ccccc2C(C(=O)Nc2cc(O)c(OC)c(OC)c2)C1c1c[nH]c2ccccc12. The van der Waals surface area contributed by atoms with Gasteiger partial charge in [-0.3, -0.25) is 9.59 Å². The quantitative estimate of drug-likeness (QED) is 0.319. The van der Waals surface area contributed by atoms with Crippen LogP contribution in [-0.2, 0) is 9.53 Å². The molecule has 2 unspecified atom stereocenters. The predicted molar refractivity (Wildman–Crippen MR) is 143 cm³/mol. The Morgan fingerprint density at radius 1 is 1.03 bits per heavy atom. The van der Waals surface area contributed by atoms with Crippen LogP contribution in [0.5, 0.6) is 17.2 Å². The van der Waals surface area contributed by atoms with Gasteiger partial charge in [-0.15, -0.1) is 0 Å². The van der Waals surface area contributed by atoms with Gasteiger partial charge in [0, 0.05) is 59.7 Å². The Balaban J connectivity index is 1.65. The van der Waals surface area contributed by atoms with E-state index in [-0.39, 0.29) is 29.1 Å². The number of benzene rings is 3. The summed E-state index contributed by atoms with van der Waals surface area (Å²) in [4.78, 5) is 32.9. The Kier molecular flexibility index (Phi) is 6.93. The van der Waals surface area contributed by atoms with Crippen LogP contribution in [0.15, 0.2) is 66.9 Å². The fraction of sp³-hybridized carbons (Fsp3) is 0.241. The van der Waals surface area contributed by atoms with Gasteiger partial charge >= 0.3 is 0 Å².